The number of halogens is 4. The van der Waals surface area contributed by atoms with E-state index in [9.17, 15) is 22.4 Å². The molecular weight excluding hydrogens is 298 g/mol. The number of alkyl halides is 3. The standard InChI is InChI=1S/C16H9F4NO/c17-11-5-6-14-12(7-11)13(8-22)15(21-14)9-1-3-10(4-2-9)16(18,19)20/h1-8,21H. The Morgan fingerprint density at radius 1 is 1.00 bits per heavy atom. The summed E-state index contributed by atoms with van der Waals surface area (Å²) in [4.78, 5) is 14.2. The van der Waals surface area contributed by atoms with Gasteiger partial charge in [0.05, 0.1) is 11.3 Å². The van der Waals surface area contributed by atoms with Crippen molar-refractivity contribution in [3.63, 3.8) is 0 Å². The first-order chi connectivity index (χ1) is 10.4. The van der Waals surface area contributed by atoms with Gasteiger partial charge in [0.25, 0.3) is 0 Å². The predicted molar refractivity (Wildman–Crippen MR) is 74.1 cm³/mol. The van der Waals surface area contributed by atoms with Crippen molar-refractivity contribution in [1.29, 1.82) is 0 Å². The molecule has 1 N–H and O–H groups in total. The summed E-state index contributed by atoms with van der Waals surface area (Å²) in [5.74, 6) is -0.492. The zero-order valence-corrected chi connectivity index (χ0v) is 11.0. The third-order valence-corrected chi connectivity index (χ3v) is 3.42. The van der Waals surface area contributed by atoms with Crippen LogP contribution in [-0.4, -0.2) is 11.3 Å². The number of hydrogen-bond acceptors (Lipinski definition) is 1. The lowest BCUT2D eigenvalue weighted by Crippen LogP contribution is -2.04. The first-order valence-electron chi connectivity index (χ1n) is 6.34. The minimum Gasteiger partial charge on any atom is -0.354 e. The molecule has 0 aliphatic carbocycles. The molecular formula is C16H9F4NO. The second-order valence-electron chi connectivity index (χ2n) is 4.80. The van der Waals surface area contributed by atoms with E-state index >= 15 is 0 Å². The Kier molecular flexibility index (Phi) is 3.24. The lowest BCUT2D eigenvalue weighted by molar-refractivity contribution is -0.137. The summed E-state index contributed by atoms with van der Waals surface area (Å²) in [7, 11) is 0. The molecule has 0 unspecified atom stereocenters. The van der Waals surface area contributed by atoms with Crippen LogP contribution in [0.15, 0.2) is 42.5 Å². The van der Waals surface area contributed by atoms with E-state index in [1.165, 1.54) is 30.3 Å². The van der Waals surface area contributed by atoms with Gasteiger partial charge in [0.2, 0.25) is 0 Å². The van der Waals surface area contributed by atoms with Gasteiger partial charge in [0.1, 0.15) is 5.82 Å². The summed E-state index contributed by atoms with van der Waals surface area (Å²) in [5.41, 5.74) is 0.773. The van der Waals surface area contributed by atoms with Gasteiger partial charge in [-0.05, 0) is 35.9 Å². The van der Waals surface area contributed by atoms with E-state index in [4.69, 9.17) is 0 Å². The number of carbonyl (C=O) groups excluding carboxylic acids is 1. The highest BCUT2D eigenvalue weighted by molar-refractivity contribution is 6.04. The van der Waals surface area contributed by atoms with Crippen LogP contribution in [0.2, 0.25) is 0 Å². The number of aromatic amines is 1. The van der Waals surface area contributed by atoms with Gasteiger partial charge in [-0.3, -0.25) is 4.79 Å². The third-order valence-electron chi connectivity index (χ3n) is 3.42. The quantitative estimate of drug-likeness (QED) is 0.535. The number of hydrogen-bond donors (Lipinski definition) is 1. The molecule has 1 aromatic heterocycles. The van der Waals surface area contributed by atoms with Crippen LogP contribution in [0, 0.1) is 5.82 Å². The first kappa shape index (κ1) is 14.3. The molecule has 0 amide bonds. The van der Waals surface area contributed by atoms with E-state index in [1.807, 2.05) is 0 Å². The van der Waals surface area contributed by atoms with Crippen LogP contribution in [0.3, 0.4) is 0 Å². The third kappa shape index (κ3) is 2.36. The molecule has 3 rings (SSSR count). The molecule has 2 aromatic carbocycles. The Morgan fingerprint density at radius 3 is 2.27 bits per heavy atom. The lowest BCUT2D eigenvalue weighted by atomic mass is 10.0. The number of H-pyrrole nitrogens is 1. The highest BCUT2D eigenvalue weighted by Crippen LogP contribution is 2.33. The van der Waals surface area contributed by atoms with Crippen LogP contribution in [-0.2, 0) is 6.18 Å². The highest BCUT2D eigenvalue weighted by Gasteiger charge is 2.30. The average Bonchev–Trinajstić information content (AvgIpc) is 2.84. The Balaban J connectivity index is 2.15. The number of fused-ring (bicyclic) bond motifs is 1. The van der Waals surface area contributed by atoms with Gasteiger partial charge in [-0.25, -0.2) is 4.39 Å². The molecule has 1 heterocycles. The molecule has 0 aliphatic heterocycles. The van der Waals surface area contributed by atoms with Gasteiger partial charge in [-0.1, -0.05) is 12.1 Å². The molecule has 3 aromatic rings. The number of nitrogens with one attached hydrogen (secondary N) is 1. The first-order valence-corrected chi connectivity index (χ1v) is 6.34. The monoisotopic (exact) mass is 307 g/mol. The zero-order valence-electron chi connectivity index (χ0n) is 11.0. The van der Waals surface area contributed by atoms with Crippen LogP contribution in [0.4, 0.5) is 17.6 Å². The van der Waals surface area contributed by atoms with Gasteiger partial charge < -0.3 is 4.98 Å². The van der Waals surface area contributed by atoms with Crippen molar-refractivity contribution in [1.82, 2.24) is 4.98 Å². The Hall–Kier alpha value is -2.63. The van der Waals surface area contributed by atoms with Crippen LogP contribution < -0.4 is 0 Å². The molecule has 0 saturated carbocycles. The lowest BCUT2D eigenvalue weighted by Gasteiger charge is -2.07. The number of aldehydes is 1. The summed E-state index contributed by atoms with van der Waals surface area (Å²) < 4.78 is 51.0. The molecule has 2 nitrogen and oxygen atoms in total. The smallest absolute Gasteiger partial charge is 0.354 e. The molecule has 0 aliphatic rings. The van der Waals surface area contributed by atoms with Gasteiger partial charge in [-0.2, -0.15) is 13.2 Å². The van der Waals surface area contributed by atoms with Gasteiger partial charge >= 0.3 is 6.18 Å². The minimum atomic E-state index is -4.42. The maximum absolute atomic E-state index is 13.3. The average molecular weight is 307 g/mol. The van der Waals surface area contributed by atoms with Gasteiger partial charge in [-0.15, -0.1) is 0 Å². The number of carbonyl (C=O) groups is 1. The predicted octanol–water partition coefficient (Wildman–Crippen LogP) is 4.81. The molecule has 0 bridgehead atoms. The fourth-order valence-corrected chi connectivity index (χ4v) is 2.36. The summed E-state index contributed by atoms with van der Waals surface area (Å²) in [5, 5.41) is 0.393. The van der Waals surface area contributed by atoms with E-state index in [1.54, 1.807) is 0 Å². The van der Waals surface area contributed by atoms with Crippen molar-refractivity contribution >= 4 is 17.2 Å². The van der Waals surface area contributed by atoms with Crippen molar-refractivity contribution in [2.24, 2.45) is 0 Å². The maximum Gasteiger partial charge on any atom is 0.416 e. The van der Waals surface area contributed by atoms with Crippen molar-refractivity contribution < 1.29 is 22.4 Å². The van der Waals surface area contributed by atoms with Crippen molar-refractivity contribution in [3.05, 3.63) is 59.4 Å². The van der Waals surface area contributed by atoms with E-state index in [0.717, 1.165) is 12.1 Å². The van der Waals surface area contributed by atoms with E-state index in [0.29, 0.717) is 28.4 Å². The maximum atomic E-state index is 13.3. The van der Waals surface area contributed by atoms with Gasteiger partial charge in [0.15, 0.2) is 6.29 Å². The summed E-state index contributed by atoms with van der Waals surface area (Å²) in [6.45, 7) is 0. The molecule has 0 spiro atoms. The van der Waals surface area contributed by atoms with Crippen molar-refractivity contribution in [3.8, 4) is 11.3 Å². The van der Waals surface area contributed by atoms with Crippen LogP contribution in [0.5, 0.6) is 0 Å². The highest BCUT2D eigenvalue weighted by atomic mass is 19.4. The Labute approximate surface area is 122 Å². The van der Waals surface area contributed by atoms with Crippen molar-refractivity contribution in [2.75, 3.05) is 0 Å². The number of aromatic nitrogens is 1. The van der Waals surface area contributed by atoms with Crippen molar-refractivity contribution in [2.45, 2.75) is 6.18 Å². The van der Waals surface area contributed by atoms with Crippen LogP contribution >= 0.6 is 0 Å². The summed E-state index contributed by atoms with van der Waals surface area (Å²) >= 11 is 0. The fourth-order valence-electron chi connectivity index (χ4n) is 2.36. The fraction of sp³-hybridized carbons (Fsp3) is 0.0625. The Morgan fingerprint density at radius 2 is 1.68 bits per heavy atom. The Bertz CT molecular complexity index is 847. The topological polar surface area (TPSA) is 32.9 Å². The van der Waals surface area contributed by atoms with E-state index in [2.05, 4.69) is 4.98 Å². The molecule has 0 atom stereocenters. The van der Waals surface area contributed by atoms with Crippen LogP contribution in [0.25, 0.3) is 22.2 Å². The molecule has 0 saturated heterocycles. The number of benzene rings is 2. The zero-order chi connectivity index (χ0) is 15.9. The second kappa shape index (κ2) is 4.98. The second-order valence-corrected chi connectivity index (χ2v) is 4.80. The summed E-state index contributed by atoms with van der Waals surface area (Å²) in [6.07, 6.45) is -3.86. The molecule has 0 fully saturated rings. The van der Waals surface area contributed by atoms with E-state index in [-0.39, 0.29) is 5.56 Å². The van der Waals surface area contributed by atoms with Crippen LogP contribution in [0.1, 0.15) is 15.9 Å². The minimum absolute atomic E-state index is 0.217. The van der Waals surface area contributed by atoms with Gasteiger partial charge in [0, 0.05) is 16.5 Å². The molecule has 112 valence electrons. The molecule has 22 heavy (non-hydrogen) atoms. The normalized spacial score (nSPS) is 11.8. The molecule has 0 radical (unpaired) electrons. The number of rotatable bonds is 2. The largest absolute Gasteiger partial charge is 0.416 e. The summed E-state index contributed by atoms with van der Waals surface area (Å²) in [6, 6.07) is 8.36. The SMILES string of the molecule is O=Cc1c(-c2ccc(C(F)(F)F)cc2)[nH]c2ccc(F)cc12. The van der Waals surface area contributed by atoms with E-state index < -0.39 is 17.6 Å². The molecule has 6 heteroatoms.